The van der Waals surface area contributed by atoms with E-state index >= 15 is 0 Å². The van der Waals surface area contributed by atoms with Gasteiger partial charge in [-0.2, -0.15) is 0 Å². The Kier molecular flexibility index (Phi) is 7.11. The normalized spacial score (nSPS) is 14.6. The summed E-state index contributed by atoms with van der Waals surface area (Å²) < 4.78 is 10.6. The van der Waals surface area contributed by atoms with Gasteiger partial charge >= 0.3 is 0 Å². The molecular weight excluding hydrogens is 368 g/mol. The van der Waals surface area contributed by atoms with E-state index in [1.165, 1.54) is 27.1 Å². The average Bonchev–Trinajstić information content (AvgIpc) is 3.01. The third-order valence-electron chi connectivity index (χ3n) is 5.23. The maximum Gasteiger partial charge on any atom is 0.263 e. The molecule has 1 aliphatic rings. The molecule has 0 aliphatic heterocycles. The lowest BCUT2D eigenvalue weighted by Crippen LogP contribution is -2.34. The predicted molar refractivity (Wildman–Crippen MR) is 113 cm³/mol. The minimum Gasteiger partial charge on any atom is -0.496 e. The highest BCUT2D eigenvalue weighted by Crippen LogP contribution is 2.29. The Morgan fingerprint density at radius 2 is 1.48 bits per heavy atom. The van der Waals surface area contributed by atoms with E-state index in [0.717, 1.165) is 25.7 Å². The van der Waals surface area contributed by atoms with Gasteiger partial charge in [-0.05, 0) is 43.2 Å². The zero-order chi connectivity index (χ0) is 20.6. The molecule has 6 nitrogen and oxygen atoms in total. The lowest BCUT2D eigenvalue weighted by atomic mass is 10.1. The van der Waals surface area contributed by atoms with Crippen molar-refractivity contribution in [2.75, 3.05) is 19.5 Å². The van der Waals surface area contributed by atoms with Crippen LogP contribution >= 0.6 is 0 Å². The SMILES string of the molecule is COc1cccc(OC)c1C(=O)Nc1cccc(C(=O)NC2CCCCCC2)c1. The molecular formula is C23H28N2O4. The molecule has 154 valence electrons. The Labute approximate surface area is 171 Å². The molecule has 1 saturated carbocycles. The summed E-state index contributed by atoms with van der Waals surface area (Å²) in [6.07, 6.45) is 6.83. The van der Waals surface area contributed by atoms with E-state index in [2.05, 4.69) is 10.6 Å². The Bertz CT molecular complexity index is 835. The van der Waals surface area contributed by atoms with Crippen molar-refractivity contribution >= 4 is 17.5 Å². The van der Waals surface area contributed by atoms with E-state index in [1.54, 1.807) is 42.5 Å². The average molecular weight is 396 g/mol. The highest BCUT2D eigenvalue weighted by Gasteiger charge is 2.19. The number of carbonyl (C=O) groups is 2. The number of nitrogens with one attached hydrogen (secondary N) is 2. The lowest BCUT2D eigenvalue weighted by Gasteiger charge is -2.17. The van der Waals surface area contributed by atoms with Crippen LogP contribution in [0.15, 0.2) is 42.5 Å². The van der Waals surface area contributed by atoms with Crippen LogP contribution in [-0.2, 0) is 0 Å². The molecule has 0 radical (unpaired) electrons. The van der Waals surface area contributed by atoms with E-state index in [4.69, 9.17) is 9.47 Å². The van der Waals surface area contributed by atoms with Crippen LogP contribution in [0.4, 0.5) is 5.69 Å². The fourth-order valence-electron chi connectivity index (χ4n) is 3.70. The maximum absolute atomic E-state index is 12.8. The second kappa shape index (κ2) is 9.96. The van der Waals surface area contributed by atoms with Crippen LogP contribution in [0.25, 0.3) is 0 Å². The van der Waals surface area contributed by atoms with Gasteiger partial charge < -0.3 is 20.1 Å². The Hall–Kier alpha value is -3.02. The standard InChI is InChI=1S/C23H28N2O4/c1-28-19-13-8-14-20(29-2)21(19)23(27)25-18-12-7-9-16(15-18)22(26)24-17-10-5-3-4-6-11-17/h7-9,12-15,17H,3-6,10-11H2,1-2H3,(H,24,26)(H,25,27). The fraction of sp³-hybridized carbons (Fsp3) is 0.391. The second-order valence-corrected chi connectivity index (χ2v) is 7.23. The zero-order valence-corrected chi connectivity index (χ0v) is 17.0. The topological polar surface area (TPSA) is 76.7 Å². The number of methoxy groups -OCH3 is 2. The van der Waals surface area contributed by atoms with Crippen LogP contribution in [0, 0.1) is 0 Å². The van der Waals surface area contributed by atoms with Crippen molar-refractivity contribution in [1.29, 1.82) is 0 Å². The molecule has 0 saturated heterocycles. The number of benzene rings is 2. The molecule has 29 heavy (non-hydrogen) atoms. The van der Waals surface area contributed by atoms with Gasteiger partial charge in [0.05, 0.1) is 14.2 Å². The van der Waals surface area contributed by atoms with E-state index in [9.17, 15) is 9.59 Å². The first-order valence-electron chi connectivity index (χ1n) is 10.1. The van der Waals surface area contributed by atoms with Crippen LogP contribution in [0.3, 0.4) is 0 Å². The molecule has 6 heteroatoms. The van der Waals surface area contributed by atoms with Gasteiger partial charge in [-0.15, -0.1) is 0 Å². The highest BCUT2D eigenvalue weighted by molar-refractivity contribution is 6.08. The number of hydrogen-bond acceptors (Lipinski definition) is 4. The summed E-state index contributed by atoms with van der Waals surface area (Å²) in [7, 11) is 3.01. The van der Waals surface area contributed by atoms with Crippen molar-refractivity contribution in [2.45, 2.75) is 44.6 Å². The van der Waals surface area contributed by atoms with Crippen molar-refractivity contribution in [3.8, 4) is 11.5 Å². The van der Waals surface area contributed by atoms with E-state index in [0.29, 0.717) is 28.3 Å². The molecule has 0 aromatic heterocycles. The minimum absolute atomic E-state index is 0.108. The molecule has 2 aromatic rings. The van der Waals surface area contributed by atoms with Crippen molar-refractivity contribution in [3.63, 3.8) is 0 Å². The summed E-state index contributed by atoms with van der Waals surface area (Å²) >= 11 is 0. The number of ether oxygens (including phenoxy) is 2. The molecule has 0 unspecified atom stereocenters. The molecule has 3 rings (SSSR count). The van der Waals surface area contributed by atoms with Gasteiger partial charge in [-0.25, -0.2) is 0 Å². The molecule has 2 N–H and O–H groups in total. The van der Waals surface area contributed by atoms with Crippen LogP contribution in [0.1, 0.15) is 59.2 Å². The Balaban J connectivity index is 1.73. The third-order valence-corrected chi connectivity index (χ3v) is 5.23. The third kappa shape index (κ3) is 5.28. The quantitative estimate of drug-likeness (QED) is 0.709. The number of carbonyl (C=O) groups excluding carboxylic acids is 2. The van der Waals surface area contributed by atoms with Crippen LogP contribution < -0.4 is 20.1 Å². The van der Waals surface area contributed by atoms with Gasteiger partial charge in [-0.1, -0.05) is 37.8 Å². The summed E-state index contributed by atoms with van der Waals surface area (Å²) in [5, 5.41) is 5.97. The lowest BCUT2D eigenvalue weighted by molar-refractivity contribution is 0.0932. The second-order valence-electron chi connectivity index (χ2n) is 7.23. The van der Waals surface area contributed by atoms with Crippen LogP contribution in [0.2, 0.25) is 0 Å². The van der Waals surface area contributed by atoms with Crippen LogP contribution in [0.5, 0.6) is 11.5 Å². The van der Waals surface area contributed by atoms with Crippen molar-refractivity contribution < 1.29 is 19.1 Å². The van der Waals surface area contributed by atoms with Gasteiger partial charge in [0.1, 0.15) is 17.1 Å². The summed E-state index contributed by atoms with van der Waals surface area (Å²) in [5.74, 6) is 0.372. The highest BCUT2D eigenvalue weighted by atomic mass is 16.5. The van der Waals surface area contributed by atoms with Crippen LogP contribution in [-0.4, -0.2) is 32.1 Å². The van der Waals surface area contributed by atoms with Gasteiger partial charge in [0.15, 0.2) is 0 Å². The number of anilines is 1. The minimum atomic E-state index is -0.361. The van der Waals surface area contributed by atoms with Gasteiger partial charge in [0.2, 0.25) is 0 Å². The van der Waals surface area contributed by atoms with Gasteiger partial charge in [-0.3, -0.25) is 9.59 Å². The summed E-state index contributed by atoms with van der Waals surface area (Å²) in [6.45, 7) is 0. The summed E-state index contributed by atoms with van der Waals surface area (Å²) in [4.78, 5) is 25.5. The van der Waals surface area contributed by atoms with E-state index in [-0.39, 0.29) is 17.9 Å². The van der Waals surface area contributed by atoms with Gasteiger partial charge in [0.25, 0.3) is 11.8 Å². The Morgan fingerprint density at radius 3 is 2.10 bits per heavy atom. The summed E-state index contributed by atoms with van der Waals surface area (Å²) in [5.41, 5.74) is 1.38. The number of rotatable bonds is 6. The van der Waals surface area contributed by atoms with Crippen molar-refractivity contribution in [1.82, 2.24) is 5.32 Å². The zero-order valence-electron chi connectivity index (χ0n) is 17.0. The molecule has 2 aromatic carbocycles. The maximum atomic E-state index is 12.8. The predicted octanol–water partition coefficient (Wildman–Crippen LogP) is 4.41. The molecule has 0 spiro atoms. The fourth-order valence-corrected chi connectivity index (χ4v) is 3.70. The summed E-state index contributed by atoms with van der Waals surface area (Å²) in [6, 6.07) is 12.3. The Morgan fingerprint density at radius 1 is 0.862 bits per heavy atom. The molecule has 0 heterocycles. The van der Waals surface area contributed by atoms with Crippen molar-refractivity contribution in [3.05, 3.63) is 53.6 Å². The monoisotopic (exact) mass is 396 g/mol. The van der Waals surface area contributed by atoms with Crippen molar-refractivity contribution in [2.24, 2.45) is 0 Å². The molecule has 0 bridgehead atoms. The first-order chi connectivity index (χ1) is 14.1. The molecule has 0 atom stereocenters. The molecule has 1 fully saturated rings. The van der Waals surface area contributed by atoms with E-state index in [1.807, 2.05) is 0 Å². The number of hydrogen-bond donors (Lipinski definition) is 2. The smallest absolute Gasteiger partial charge is 0.263 e. The van der Waals surface area contributed by atoms with E-state index < -0.39 is 0 Å². The first-order valence-corrected chi connectivity index (χ1v) is 10.1. The first kappa shape index (κ1) is 20.7. The van der Waals surface area contributed by atoms with Gasteiger partial charge in [0, 0.05) is 17.3 Å². The largest absolute Gasteiger partial charge is 0.496 e. The molecule has 1 aliphatic carbocycles. The number of amides is 2. The molecule has 2 amide bonds.